The van der Waals surface area contributed by atoms with Gasteiger partial charge in [-0.25, -0.2) is 19.2 Å². The molecule has 1 aliphatic rings. The molecule has 144 valence electrons. The van der Waals surface area contributed by atoms with Crippen LogP contribution in [0.25, 0.3) is 22.3 Å². The summed E-state index contributed by atoms with van der Waals surface area (Å²) >= 11 is 0. The van der Waals surface area contributed by atoms with Gasteiger partial charge in [0.2, 0.25) is 0 Å². The van der Waals surface area contributed by atoms with Crippen molar-refractivity contribution < 1.29 is 13.9 Å². The monoisotopic (exact) mass is 380 g/mol. The van der Waals surface area contributed by atoms with Crippen LogP contribution in [0.3, 0.4) is 0 Å². The van der Waals surface area contributed by atoms with Crippen LogP contribution in [0.4, 0.5) is 15.0 Å². The third-order valence-corrected chi connectivity index (χ3v) is 4.80. The molecule has 0 saturated carbocycles. The molecule has 0 spiro atoms. The lowest BCUT2D eigenvalue weighted by Crippen LogP contribution is -2.49. The zero-order valence-electron chi connectivity index (χ0n) is 15.6. The summed E-state index contributed by atoms with van der Waals surface area (Å²) < 4.78 is 19.4. The maximum absolute atomic E-state index is 14.3. The summed E-state index contributed by atoms with van der Waals surface area (Å²) in [7, 11) is 0. The Hall–Kier alpha value is -3.22. The molecule has 0 bridgehead atoms. The molecule has 0 aliphatic carbocycles. The Kier molecular flexibility index (Phi) is 5.06. The van der Waals surface area contributed by atoms with Gasteiger partial charge in [0.1, 0.15) is 11.6 Å². The first-order valence-corrected chi connectivity index (χ1v) is 9.35. The van der Waals surface area contributed by atoms with Gasteiger partial charge in [-0.1, -0.05) is 24.3 Å². The molecule has 4 rings (SSSR count). The molecule has 0 radical (unpaired) electrons. The lowest BCUT2D eigenvalue weighted by molar-refractivity contribution is 0.105. The number of benzene rings is 2. The number of ether oxygens (including phenoxy) is 1. The minimum absolute atomic E-state index is 0.290. The third-order valence-electron chi connectivity index (χ3n) is 4.80. The molecule has 0 N–H and O–H groups in total. The number of hydrogen-bond donors (Lipinski definition) is 0. The fraction of sp³-hybridized carbons (Fsp3) is 0.286. The molecule has 1 saturated heterocycles. The number of piperazine rings is 1. The normalized spacial score (nSPS) is 14.4. The minimum atomic E-state index is -0.351. The Morgan fingerprint density at radius 3 is 2.50 bits per heavy atom. The first kappa shape index (κ1) is 18.2. The lowest BCUT2D eigenvalue weighted by atomic mass is 10.1. The number of para-hydroxylation sites is 1. The van der Waals surface area contributed by atoms with Crippen molar-refractivity contribution in [3.05, 3.63) is 54.3 Å². The molecular weight excluding hydrogens is 359 g/mol. The van der Waals surface area contributed by atoms with Crippen LogP contribution in [0.15, 0.2) is 48.5 Å². The number of fused-ring (bicyclic) bond motifs is 1. The summed E-state index contributed by atoms with van der Waals surface area (Å²) in [4.78, 5) is 25.0. The maximum Gasteiger partial charge on any atom is 0.409 e. The summed E-state index contributed by atoms with van der Waals surface area (Å²) in [5, 5.41) is 0.909. The topological polar surface area (TPSA) is 58.6 Å². The van der Waals surface area contributed by atoms with Gasteiger partial charge in [0, 0.05) is 31.6 Å². The highest BCUT2D eigenvalue weighted by Crippen LogP contribution is 2.29. The fourth-order valence-electron chi connectivity index (χ4n) is 3.38. The van der Waals surface area contributed by atoms with Gasteiger partial charge in [0.15, 0.2) is 5.82 Å². The zero-order valence-corrected chi connectivity index (χ0v) is 15.6. The second-order valence-corrected chi connectivity index (χ2v) is 6.54. The van der Waals surface area contributed by atoms with E-state index >= 15 is 0 Å². The van der Waals surface area contributed by atoms with Crippen molar-refractivity contribution >= 4 is 22.8 Å². The van der Waals surface area contributed by atoms with E-state index in [2.05, 4.69) is 9.88 Å². The Bertz CT molecular complexity index is 1000. The van der Waals surface area contributed by atoms with Gasteiger partial charge >= 0.3 is 6.09 Å². The van der Waals surface area contributed by atoms with Gasteiger partial charge in [-0.15, -0.1) is 0 Å². The smallest absolute Gasteiger partial charge is 0.409 e. The second-order valence-electron chi connectivity index (χ2n) is 6.54. The van der Waals surface area contributed by atoms with E-state index in [4.69, 9.17) is 9.72 Å². The maximum atomic E-state index is 14.3. The molecule has 1 fully saturated rings. The molecule has 7 heteroatoms. The van der Waals surface area contributed by atoms with Crippen LogP contribution in [0.1, 0.15) is 6.92 Å². The van der Waals surface area contributed by atoms with Gasteiger partial charge in [0.05, 0.1) is 17.7 Å². The molecule has 2 heterocycles. The van der Waals surface area contributed by atoms with Crippen LogP contribution in [0.2, 0.25) is 0 Å². The number of aromatic nitrogens is 2. The van der Waals surface area contributed by atoms with E-state index in [9.17, 15) is 9.18 Å². The fourth-order valence-corrected chi connectivity index (χ4v) is 3.38. The highest BCUT2D eigenvalue weighted by Gasteiger charge is 2.24. The number of anilines is 1. The molecule has 3 aromatic rings. The van der Waals surface area contributed by atoms with Crippen LogP contribution in [0.5, 0.6) is 0 Å². The Morgan fingerprint density at radius 1 is 1.04 bits per heavy atom. The lowest BCUT2D eigenvalue weighted by Gasteiger charge is -2.35. The molecule has 2 aromatic carbocycles. The Morgan fingerprint density at radius 2 is 1.75 bits per heavy atom. The van der Waals surface area contributed by atoms with E-state index in [1.165, 1.54) is 6.07 Å². The quantitative estimate of drug-likeness (QED) is 0.693. The molecule has 6 nitrogen and oxygen atoms in total. The number of carbonyl (C=O) groups excluding carboxylic acids is 1. The minimum Gasteiger partial charge on any atom is -0.450 e. The SMILES string of the molecule is CCOC(=O)N1CCN(c2nc(-c3ccccc3F)nc3ccccc23)CC1. The van der Waals surface area contributed by atoms with E-state index < -0.39 is 0 Å². The molecule has 28 heavy (non-hydrogen) atoms. The third kappa shape index (κ3) is 3.47. The summed E-state index contributed by atoms with van der Waals surface area (Å²) in [6.07, 6.45) is -0.290. The number of halogens is 1. The summed E-state index contributed by atoms with van der Waals surface area (Å²) in [6, 6.07) is 14.2. The average Bonchev–Trinajstić information content (AvgIpc) is 2.73. The van der Waals surface area contributed by atoms with E-state index in [1.807, 2.05) is 24.3 Å². The predicted octanol–water partition coefficient (Wildman–Crippen LogP) is 3.71. The summed E-state index contributed by atoms with van der Waals surface area (Å²) in [5.41, 5.74) is 1.14. The molecular formula is C21H21FN4O2. The second kappa shape index (κ2) is 7.80. The van der Waals surface area contributed by atoms with Gasteiger partial charge in [-0.2, -0.15) is 0 Å². The first-order chi connectivity index (χ1) is 13.7. The summed E-state index contributed by atoms with van der Waals surface area (Å²) in [5.74, 6) is 0.767. The van der Waals surface area contributed by atoms with Crippen LogP contribution in [-0.2, 0) is 4.74 Å². The van der Waals surface area contributed by atoms with Gasteiger partial charge in [-0.3, -0.25) is 0 Å². The molecule has 1 aliphatic heterocycles. The van der Waals surface area contributed by atoms with Crippen molar-refractivity contribution in [1.82, 2.24) is 14.9 Å². The molecule has 0 unspecified atom stereocenters. The van der Waals surface area contributed by atoms with Crippen molar-refractivity contribution in [1.29, 1.82) is 0 Å². The largest absolute Gasteiger partial charge is 0.450 e. The van der Waals surface area contributed by atoms with Crippen molar-refractivity contribution in [3.63, 3.8) is 0 Å². The van der Waals surface area contributed by atoms with Crippen LogP contribution in [0, 0.1) is 5.82 Å². The van der Waals surface area contributed by atoms with Crippen molar-refractivity contribution in [2.45, 2.75) is 6.92 Å². The predicted molar refractivity (Wildman–Crippen MR) is 106 cm³/mol. The van der Waals surface area contributed by atoms with Crippen LogP contribution >= 0.6 is 0 Å². The van der Waals surface area contributed by atoms with Crippen molar-refractivity contribution in [3.8, 4) is 11.4 Å². The Labute approximate surface area is 162 Å². The molecule has 1 aromatic heterocycles. The van der Waals surface area contributed by atoms with Crippen LogP contribution in [-0.4, -0.2) is 53.7 Å². The van der Waals surface area contributed by atoms with E-state index in [0.717, 1.165) is 16.7 Å². The van der Waals surface area contributed by atoms with Crippen molar-refractivity contribution in [2.75, 3.05) is 37.7 Å². The van der Waals surface area contributed by atoms with Crippen molar-refractivity contribution in [2.24, 2.45) is 0 Å². The number of carbonyl (C=O) groups is 1. The van der Waals surface area contributed by atoms with Crippen LogP contribution < -0.4 is 4.90 Å². The summed E-state index contributed by atoms with van der Waals surface area (Å²) in [6.45, 7) is 4.50. The standard InChI is InChI=1S/C21H21FN4O2/c1-2-28-21(27)26-13-11-25(12-14-26)20-16-8-4-6-10-18(16)23-19(24-20)15-7-3-5-9-17(15)22/h3-10H,2,11-14H2,1H3. The van der Waals surface area contributed by atoms with Gasteiger partial charge < -0.3 is 14.5 Å². The number of nitrogens with zero attached hydrogens (tertiary/aromatic N) is 4. The van der Waals surface area contributed by atoms with Gasteiger partial charge in [0.25, 0.3) is 0 Å². The average molecular weight is 380 g/mol. The highest BCUT2D eigenvalue weighted by atomic mass is 19.1. The van der Waals surface area contributed by atoms with E-state index in [-0.39, 0.29) is 11.9 Å². The molecule has 0 atom stereocenters. The van der Waals surface area contributed by atoms with Gasteiger partial charge in [-0.05, 0) is 31.2 Å². The molecule has 1 amide bonds. The first-order valence-electron chi connectivity index (χ1n) is 9.35. The van der Waals surface area contributed by atoms with E-state index in [1.54, 1.807) is 30.0 Å². The van der Waals surface area contributed by atoms with E-state index in [0.29, 0.717) is 44.2 Å². The highest BCUT2D eigenvalue weighted by molar-refractivity contribution is 5.91. The number of amides is 1. The zero-order chi connectivity index (χ0) is 19.5. The Balaban J connectivity index is 1.69. The number of rotatable bonds is 3. The number of hydrogen-bond acceptors (Lipinski definition) is 5.